The third kappa shape index (κ3) is 3.78. The van der Waals surface area contributed by atoms with Crippen LogP contribution in [0.2, 0.25) is 0 Å². The molecule has 0 aromatic heterocycles. The second-order valence-electron chi connectivity index (χ2n) is 4.69. The lowest BCUT2D eigenvalue weighted by molar-refractivity contribution is -0.127. The first kappa shape index (κ1) is 12.5. The van der Waals surface area contributed by atoms with Crippen molar-refractivity contribution >= 4 is 11.7 Å². The molecule has 1 amide bonds. The molecule has 5 nitrogen and oxygen atoms in total. The van der Waals surface area contributed by atoms with Gasteiger partial charge in [-0.05, 0) is 19.4 Å². The monoisotopic (exact) mass is 240 g/mol. The van der Waals surface area contributed by atoms with Crippen LogP contribution < -0.4 is 0 Å². The second-order valence-corrected chi connectivity index (χ2v) is 4.69. The number of amides is 1. The van der Waals surface area contributed by atoms with E-state index >= 15 is 0 Å². The molecular weight excluding hydrogens is 220 g/mol. The van der Waals surface area contributed by atoms with Gasteiger partial charge in [-0.1, -0.05) is 0 Å². The number of unbranched alkanes of at least 4 members (excludes halogenated alkanes) is 1. The summed E-state index contributed by atoms with van der Waals surface area (Å²) in [6.45, 7) is 5.82. The van der Waals surface area contributed by atoms with Gasteiger partial charge in [0.2, 0.25) is 5.91 Å². The number of ether oxygens (including phenoxy) is 1. The summed E-state index contributed by atoms with van der Waals surface area (Å²) in [5.74, 6) is 0.0598. The number of carbonyl (C=O) groups is 2. The smallest absolute Gasteiger partial charge is 0.230 e. The Morgan fingerprint density at radius 3 is 2.41 bits per heavy atom. The third-order valence-corrected chi connectivity index (χ3v) is 3.32. The van der Waals surface area contributed by atoms with E-state index < -0.39 is 0 Å². The zero-order valence-electron chi connectivity index (χ0n) is 10.2. The Bertz CT molecular complexity index is 287. The molecule has 96 valence electrons. The van der Waals surface area contributed by atoms with E-state index in [4.69, 9.17) is 4.74 Å². The number of hydrogen-bond donors (Lipinski definition) is 0. The number of likely N-dealkylation sites (tertiary alicyclic amines) is 1. The van der Waals surface area contributed by atoms with Crippen LogP contribution >= 0.6 is 0 Å². The third-order valence-electron chi connectivity index (χ3n) is 3.32. The molecule has 0 bridgehead atoms. The van der Waals surface area contributed by atoms with Crippen LogP contribution in [0.4, 0.5) is 0 Å². The Hall–Kier alpha value is -0.940. The summed E-state index contributed by atoms with van der Waals surface area (Å²) in [6, 6.07) is 0. The van der Waals surface area contributed by atoms with E-state index in [1.54, 1.807) is 4.90 Å². The van der Waals surface area contributed by atoms with Crippen molar-refractivity contribution in [1.29, 1.82) is 0 Å². The van der Waals surface area contributed by atoms with Crippen molar-refractivity contribution in [2.45, 2.75) is 19.3 Å². The maximum atomic E-state index is 11.4. The summed E-state index contributed by atoms with van der Waals surface area (Å²) in [5, 5.41) is 0. The predicted octanol–water partition coefficient (Wildman–Crippen LogP) is -0.0998. The van der Waals surface area contributed by atoms with E-state index in [-0.39, 0.29) is 18.1 Å². The summed E-state index contributed by atoms with van der Waals surface area (Å²) in [6.07, 6.45) is 2.18. The van der Waals surface area contributed by atoms with E-state index in [1.807, 2.05) is 0 Å². The molecule has 0 aliphatic carbocycles. The van der Waals surface area contributed by atoms with Crippen LogP contribution in [0, 0.1) is 0 Å². The highest BCUT2D eigenvalue weighted by Crippen LogP contribution is 2.08. The maximum Gasteiger partial charge on any atom is 0.230 e. The van der Waals surface area contributed by atoms with E-state index in [1.165, 1.54) is 0 Å². The van der Waals surface area contributed by atoms with Crippen molar-refractivity contribution in [1.82, 2.24) is 9.80 Å². The Morgan fingerprint density at radius 2 is 1.76 bits per heavy atom. The number of nitrogens with zero attached hydrogens (tertiary/aromatic N) is 2. The van der Waals surface area contributed by atoms with Crippen molar-refractivity contribution < 1.29 is 14.3 Å². The molecule has 0 spiro atoms. The van der Waals surface area contributed by atoms with Gasteiger partial charge in [-0.15, -0.1) is 0 Å². The fourth-order valence-corrected chi connectivity index (χ4v) is 2.30. The molecule has 0 saturated carbocycles. The molecule has 2 rings (SSSR count). The van der Waals surface area contributed by atoms with Gasteiger partial charge in [0.25, 0.3) is 0 Å². The quantitative estimate of drug-likeness (QED) is 0.497. The average Bonchev–Trinajstić information content (AvgIpc) is 2.65. The topological polar surface area (TPSA) is 49.9 Å². The maximum absolute atomic E-state index is 11.4. The molecular formula is C12H20N2O3. The van der Waals surface area contributed by atoms with E-state index in [2.05, 4.69) is 4.90 Å². The molecule has 0 unspecified atom stereocenters. The first-order chi connectivity index (χ1) is 8.25. The van der Waals surface area contributed by atoms with Gasteiger partial charge < -0.3 is 9.64 Å². The predicted molar refractivity (Wildman–Crippen MR) is 62.7 cm³/mol. The van der Waals surface area contributed by atoms with Crippen LogP contribution in [0.5, 0.6) is 0 Å². The molecule has 2 aliphatic rings. The summed E-state index contributed by atoms with van der Waals surface area (Å²) >= 11 is 0. The Balaban J connectivity index is 1.56. The number of Topliss-reactive ketones (excluding diaryl/α,β-unsaturated/α-hetero) is 1. The minimum absolute atomic E-state index is 0.00127. The fourth-order valence-electron chi connectivity index (χ4n) is 2.30. The first-order valence-corrected chi connectivity index (χ1v) is 6.35. The molecule has 0 aromatic rings. The van der Waals surface area contributed by atoms with Crippen LogP contribution in [0.1, 0.15) is 19.3 Å². The van der Waals surface area contributed by atoms with E-state index in [9.17, 15) is 9.59 Å². The van der Waals surface area contributed by atoms with Gasteiger partial charge in [0, 0.05) is 19.6 Å². The van der Waals surface area contributed by atoms with Crippen molar-refractivity contribution in [3.8, 4) is 0 Å². The van der Waals surface area contributed by atoms with Gasteiger partial charge in [0.05, 0.1) is 26.2 Å². The summed E-state index contributed by atoms with van der Waals surface area (Å²) in [4.78, 5) is 26.5. The molecule has 0 aromatic carbocycles. The van der Waals surface area contributed by atoms with Gasteiger partial charge in [0.1, 0.15) is 0 Å². The number of hydrogen-bond acceptors (Lipinski definition) is 4. The van der Waals surface area contributed by atoms with Gasteiger partial charge >= 0.3 is 0 Å². The summed E-state index contributed by atoms with van der Waals surface area (Å²) in [5.41, 5.74) is 0. The number of carbonyl (C=O) groups excluding carboxylic acids is 2. The van der Waals surface area contributed by atoms with E-state index in [0.29, 0.717) is 6.54 Å². The molecule has 0 N–H and O–H groups in total. The highest BCUT2D eigenvalue weighted by molar-refractivity contribution is 6.05. The van der Waals surface area contributed by atoms with Gasteiger partial charge in [-0.3, -0.25) is 14.5 Å². The lowest BCUT2D eigenvalue weighted by Gasteiger charge is -2.26. The molecule has 0 radical (unpaired) electrons. The second kappa shape index (κ2) is 6.12. The summed E-state index contributed by atoms with van der Waals surface area (Å²) in [7, 11) is 0. The Kier molecular flexibility index (Phi) is 4.50. The van der Waals surface area contributed by atoms with Crippen molar-refractivity contribution in [3.63, 3.8) is 0 Å². The molecule has 5 heteroatoms. The lowest BCUT2D eigenvalue weighted by Crippen LogP contribution is -2.37. The SMILES string of the molecule is O=C1CC(=O)N(CCCCN2CCOCC2)C1. The van der Waals surface area contributed by atoms with Crippen LogP contribution in [-0.2, 0) is 14.3 Å². The minimum Gasteiger partial charge on any atom is -0.379 e. The van der Waals surface area contributed by atoms with Crippen LogP contribution in [0.25, 0.3) is 0 Å². The number of rotatable bonds is 5. The summed E-state index contributed by atoms with van der Waals surface area (Å²) < 4.78 is 5.28. The molecule has 2 heterocycles. The van der Waals surface area contributed by atoms with Crippen molar-refractivity contribution in [2.75, 3.05) is 45.9 Å². The lowest BCUT2D eigenvalue weighted by atomic mass is 10.2. The van der Waals surface area contributed by atoms with E-state index in [0.717, 1.165) is 52.2 Å². The van der Waals surface area contributed by atoms with Crippen LogP contribution in [0.15, 0.2) is 0 Å². The molecule has 2 fully saturated rings. The average molecular weight is 240 g/mol. The van der Waals surface area contributed by atoms with Gasteiger partial charge in [0.15, 0.2) is 5.78 Å². The Morgan fingerprint density at radius 1 is 1.06 bits per heavy atom. The zero-order valence-corrected chi connectivity index (χ0v) is 10.2. The molecule has 17 heavy (non-hydrogen) atoms. The highest BCUT2D eigenvalue weighted by atomic mass is 16.5. The Labute approximate surface area is 102 Å². The first-order valence-electron chi connectivity index (χ1n) is 6.35. The van der Waals surface area contributed by atoms with Crippen LogP contribution in [0.3, 0.4) is 0 Å². The van der Waals surface area contributed by atoms with Gasteiger partial charge in [-0.25, -0.2) is 0 Å². The standard InChI is InChI=1S/C12H20N2O3/c15-11-9-12(16)14(10-11)4-2-1-3-13-5-7-17-8-6-13/h1-10H2. The zero-order chi connectivity index (χ0) is 12.1. The fraction of sp³-hybridized carbons (Fsp3) is 0.833. The number of morpholine rings is 1. The molecule has 2 aliphatic heterocycles. The van der Waals surface area contributed by atoms with Crippen LogP contribution in [-0.4, -0.2) is 67.4 Å². The largest absolute Gasteiger partial charge is 0.379 e. The van der Waals surface area contributed by atoms with Gasteiger partial charge in [-0.2, -0.15) is 0 Å². The normalized spacial score (nSPS) is 22.5. The molecule has 0 atom stereocenters. The van der Waals surface area contributed by atoms with Crippen molar-refractivity contribution in [2.24, 2.45) is 0 Å². The highest BCUT2D eigenvalue weighted by Gasteiger charge is 2.26. The minimum atomic E-state index is 0.00127. The number of ketones is 1. The van der Waals surface area contributed by atoms with Crippen molar-refractivity contribution in [3.05, 3.63) is 0 Å². The molecule has 2 saturated heterocycles.